The van der Waals surface area contributed by atoms with E-state index in [0.29, 0.717) is 0 Å². The first-order valence-electron chi connectivity index (χ1n) is 4.46. The summed E-state index contributed by atoms with van der Waals surface area (Å²) in [5.41, 5.74) is 0. The van der Waals surface area contributed by atoms with E-state index in [0.717, 1.165) is 5.75 Å². The van der Waals surface area contributed by atoms with E-state index < -0.39 is 0 Å². The third kappa shape index (κ3) is 1.44. The molecular weight excluding hydrogens is 194 g/mol. The molecule has 2 rings (SSSR count). The zero-order valence-electron chi connectivity index (χ0n) is 8.57. The Morgan fingerprint density at radius 3 is 2.71 bits per heavy atom. The molecule has 0 saturated heterocycles. The number of hydrogen-bond acceptors (Lipinski definition) is 3. The average molecular weight is 207 g/mol. The fourth-order valence-electron chi connectivity index (χ4n) is 1.42. The van der Waals surface area contributed by atoms with Crippen LogP contribution in [0.25, 0.3) is 10.1 Å². The zero-order chi connectivity index (χ0) is 10.1. The molecule has 0 unspecified atom stereocenters. The first kappa shape index (κ1) is 9.34. The summed E-state index contributed by atoms with van der Waals surface area (Å²) >= 11 is 1.78. The lowest BCUT2D eigenvalue weighted by Gasteiger charge is -2.06. The molecule has 0 saturated carbocycles. The van der Waals surface area contributed by atoms with Gasteiger partial charge in [-0.1, -0.05) is 6.07 Å². The number of anilines is 1. The largest absolute Gasteiger partial charge is 0.496 e. The molecule has 0 aliphatic rings. The van der Waals surface area contributed by atoms with Crippen LogP contribution in [0.15, 0.2) is 24.3 Å². The molecule has 0 bridgehead atoms. The first-order chi connectivity index (χ1) is 6.72. The second-order valence-corrected chi connectivity index (χ2v) is 4.41. The summed E-state index contributed by atoms with van der Waals surface area (Å²) < 4.78 is 6.58. The van der Waals surface area contributed by atoms with Crippen LogP contribution in [-0.4, -0.2) is 21.2 Å². The molecule has 0 N–H and O–H groups in total. The second kappa shape index (κ2) is 3.50. The molecule has 0 radical (unpaired) electrons. The fraction of sp³-hybridized carbons (Fsp3) is 0.273. The van der Waals surface area contributed by atoms with Crippen LogP contribution >= 0.6 is 11.3 Å². The summed E-state index contributed by atoms with van der Waals surface area (Å²) in [6, 6.07) is 8.31. The highest BCUT2D eigenvalue weighted by molar-refractivity contribution is 7.22. The van der Waals surface area contributed by atoms with Crippen molar-refractivity contribution in [1.29, 1.82) is 0 Å². The maximum Gasteiger partial charge on any atom is 0.127 e. The van der Waals surface area contributed by atoms with Gasteiger partial charge in [-0.3, -0.25) is 0 Å². The maximum absolute atomic E-state index is 5.31. The van der Waals surface area contributed by atoms with Gasteiger partial charge in [0.05, 0.1) is 12.1 Å². The Balaban J connectivity index is 2.64. The molecule has 0 aliphatic heterocycles. The maximum atomic E-state index is 5.31. The van der Waals surface area contributed by atoms with Gasteiger partial charge < -0.3 is 9.64 Å². The second-order valence-electron chi connectivity index (χ2n) is 3.35. The molecule has 2 aromatic rings. The number of methoxy groups -OCH3 is 1. The Kier molecular flexibility index (Phi) is 2.33. The summed E-state index contributed by atoms with van der Waals surface area (Å²) in [4.78, 5) is 2.12. The molecule has 0 aliphatic carbocycles. The van der Waals surface area contributed by atoms with Crippen LogP contribution < -0.4 is 9.64 Å². The minimum absolute atomic E-state index is 0.951. The van der Waals surface area contributed by atoms with Gasteiger partial charge >= 0.3 is 0 Å². The van der Waals surface area contributed by atoms with Crippen molar-refractivity contribution in [3.8, 4) is 5.75 Å². The van der Waals surface area contributed by atoms with Crippen LogP contribution in [0.5, 0.6) is 5.75 Å². The molecule has 0 amide bonds. The molecule has 0 fully saturated rings. The lowest BCUT2D eigenvalue weighted by molar-refractivity contribution is 0.420. The highest BCUT2D eigenvalue weighted by atomic mass is 32.1. The van der Waals surface area contributed by atoms with Crippen molar-refractivity contribution in [2.75, 3.05) is 26.1 Å². The molecular formula is C11H13NOS. The van der Waals surface area contributed by atoms with Crippen molar-refractivity contribution in [1.82, 2.24) is 0 Å². The minimum Gasteiger partial charge on any atom is -0.496 e. The SMILES string of the molecule is COc1cccc2sc(N(C)C)cc12. The van der Waals surface area contributed by atoms with E-state index in [4.69, 9.17) is 4.74 Å². The van der Waals surface area contributed by atoms with E-state index in [2.05, 4.69) is 31.1 Å². The predicted molar refractivity (Wildman–Crippen MR) is 62.7 cm³/mol. The molecule has 0 spiro atoms. The lowest BCUT2D eigenvalue weighted by Crippen LogP contribution is -2.05. The summed E-state index contributed by atoms with van der Waals surface area (Å²) in [7, 11) is 5.82. The summed E-state index contributed by atoms with van der Waals surface area (Å²) in [5.74, 6) is 0.951. The van der Waals surface area contributed by atoms with Crippen LogP contribution in [-0.2, 0) is 0 Å². The van der Waals surface area contributed by atoms with Crippen molar-refractivity contribution in [2.45, 2.75) is 0 Å². The van der Waals surface area contributed by atoms with E-state index in [-0.39, 0.29) is 0 Å². The van der Waals surface area contributed by atoms with Crippen LogP contribution in [0.1, 0.15) is 0 Å². The van der Waals surface area contributed by atoms with Gasteiger partial charge in [0.1, 0.15) is 5.75 Å². The molecule has 1 heterocycles. The standard InChI is InChI=1S/C11H13NOS/c1-12(2)11-7-8-9(13-3)5-4-6-10(8)14-11/h4-7H,1-3H3. The number of thiophene rings is 1. The third-order valence-corrected chi connectivity index (χ3v) is 3.44. The molecule has 0 atom stereocenters. The number of benzene rings is 1. The van der Waals surface area contributed by atoms with E-state index in [1.807, 2.05) is 12.1 Å². The predicted octanol–water partition coefficient (Wildman–Crippen LogP) is 2.98. The molecule has 74 valence electrons. The van der Waals surface area contributed by atoms with Gasteiger partial charge in [0.25, 0.3) is 0 Å². The van der Waals surface area contributed by atoms with Crippen LogP contribution in [0.3, 0.4) is 0 Å². The van der Waals surface area contributed by atoms with E-state index in [9.17, 15) is 0 Å². The van der Waals surface area contributed by atoms with Crippen molar-refractivity contribution in [3.63, 3.8) is 0 Å². The van der Waals surface area contributed by atoms with Gasteiger partial charge in [0.15, 0.2) is 0 Å². The Labute approximate surface area is 87.7 Å². The molecule has 1 aromatic carbocycles. The van der Waals surface area contributed by atoms with Crippen molar-refractivity contribution in [3.05, 3.63) is 24.3 Å². The minimum atomic E-state index is 0.951. The molecule has 2 nitrogen and oxygen atoms in total. The normalized spacial score (nSPS) is 10.5. The van der Waals surface area contributed by atoms with Crippen LogP contribution in [0, 0.1) is 0 Å². The number of rotatable bonds is 2. The first-order valence-corrected chi connectivity index (χ1v) is 5.28. The zero-order valence-corrected chi connectivity index (χ0v) is 9.39. The quantitative estimate of drug-likeness (QED) is 0.750. The summed E-state index contributed by atoms with van der Waals surface area (Å²) in [6.07, 6.45) is 0. The number of nitrogens with zero attached hydrogens (tertiary/aromatic N) is 1. The summed E-state index contributed by atoms with van der Waals surface area (Å²) in [6.45, 7) is 0. The van der Waals surface area contributed by atoms with Crippen molar-refractivity contribution >= 4 is 26.4 Å². The van der Waals surface area contributed by atoms with Crippen molar-refractivity contribution in [2.24, 2.45) is 0 Å². The third-order valence-electron chi connectivity index (χ3n) is 2.17. The summed E-state index contributed by atoms with van der Waals surface area (Å²) in [5, 5.41) is 2.45. The highest BCUT2D eigenvalue weighted by Crippen LogP contribution is 2.36. The van der Waals surface area contributed by atoms with Crippen LogP contribution in [0.4, 0.5) is 5.00 Å². The average Bonchev–Trinajstić information content (AvgIpc) is 2.60. The van der Waals surface area contributed by atoms with Gasteiger partial charge in [-0.15, -0.1) is 11.3 Å². The monoisotopic (exact) mass is 207 g/mol. The van der Waals surface area contributed by atoms with Gasteiger partial charge in [-0.2, -0.15) is 0 Å². The number of fused-ring (bicyclic) bond motifs is 1. The highest BCUT2D eigenvalue weighted by Gasteiger charge is 2.06. The van der Waals surface area contributed by atoms with Crippen LogP contribution in [0.2, 0.25) is 0 Å². The smallest absolute Gasteiger partial charge is 0.127 e. The fourth-order valence-corrected chi connectivity index (χ4v) is 2.42. The number of hydrogen-bond donors (Lipinski definition) is 0. The van der Waals surface area contributed by atoms with E-state index in [1.165, 1.54) is 15.1 Å². The van der Waals surface area contributed by atoms with Gasteiger partial charge in [0.2, 0.25) is 0 Å². The molecule has 3 heteroatoms. The lowest BCUT2D eigenvalue weighted by atomic mass is 10.2. The molecule has 1 aromatic heterocycles. The van der Waals surface area contributed by atoms with E-state index >= 15 is 0 Å². The Bertz CT molecular complexity index is 447. The molecule has 14 heavy (non-hydrogen) atoms. The van der Waals surface area contributed by atoms with Crippen molar-refractivity contribution < 1.29 is 4.74 Å². The number of ether oxygens (including phenoxy) is 1. The Morgan fingerprint density at radius 2 is 2.07 bits per heavy atom. The topological polar surface area (TPSA) is 12.5 Å². The van der Waals surface area contributed by atoms with Gasteiger partial charge in [-0.25, -0.2) is 0 Å². The van der Waals surface area contributed by atoms with Gasteiger partial charge in [-0.05, 0) is 18.2 Å². The van der Waals surface area contributed by atoms with Gasteiger partial charge in [0, 0.05) is 24.2 Å². The Hall–Kier alpha value is -1.22. The van der Waals surface area contributed by atoms with E-state index in [1.54, 1.807) is 18.4 Å². The Morgan fingerprint density at radius 1 is 1.29 bits per heavy atom.